The van der Waals surface area contributed by atoms with Gasteiger partial charge in [-0.1, -0.05) is 25.4 Å². The van der Waals surface area contributed by atoms with Crippen LogP contribution in [0.3, 0.4) is 0 Å². The van der Waals surface area contributed by atoms with Crippen LogP contribution in [-0.4, -0.2) is 81.7 Å². The summed E-state index contributed by atoms with van der Waals surface area (Å²) in [7, 11) is -8.65. The van der Waals surface area contributed by atoms with E-state index in [2.05, 4.69) is 45.9 Å². The molecule has 3 aromatic carbocycles. The molecule has 5 N–H and O–H groups in total. The molecule has 0 saturated carbocycles. The molecule has 0 spiro atoms. The first-order valence-corrected chi connectivity index (χ1v) is 21.9. The summed E-state index contributed by atoms with van der Waals surface area (Å²) in [5.74, 6) is -0.188. The number of nitrogens with zero attached hydrogens (tertiary/aromatic N) is 4. The van der Waals surface area contributed by atoms with Crippen molar-refractivity contribution in [3.63, 3.8) is 0 Å². The predicted octanol–water partition coefficient (Wildman–Crippen LogP) is 8.39. The molecule has 1 atom stereocenters. The molecule has 0 aliphatic heterocycles. The Kier molecular flexibility index (Phi) is 15.4. The van der Waals surface area contributed by atoms with Crippen LogP contribution in [0.1, 0.15) is 33.6 Å². The number of aromatic nitrogens is 3. The lowest BCUT2D eigenvalue weighted by Gasteiger charge is -2.20. The average Bonchev–Trinajstić information content (AvgIpc) is 3.13. The van der Waals surface area contributed by atoms with Crippen LogP contribution in [0, 0.1) is 7.14 Å². The van der Waals surface area contributed by atoms with Crippen LogP contribution in [-0.2, 0) is 20.2 Å². The summed E-state index contributed by atoms with van der Waals surface area (Å²) in [6.07, 6.45) is 7.08. The van der Waals surface area contributed by atoms with E-state index in [1.165, 1.54) is 61.8 Å². The first kappa shape index (κ1) is 43.5. The first-order chi connectivity index (χ1) is 25.5. The standard InChI is InChI=1S/C18H26ClN3.2C9H6INO4S/c1-4-22(5-2)12-6-7-14(3)21-17-10-11-20-18-13-15(19)8-9-16(17)18;2*10-6-4-7(16(13,14)15)5-2-1-3-11-8(5)9(6)12/h8-11,13-14H,4-7,12H2,1-3H3,(H,20,21);2*1-4,12H,(H,13,14,15)/t14-;;/m1../s1. The minimum Gasteiger partial charge on any atom is -0.505 e. The van der Waals surface area contributed by atoms with Gasteiger partial charge in [0.15, 0.2) is 11.5 Å². The highest BCUT2D eigenvalue weighted by atomic mass is 127. The number of pyridine rings is 3. The first-order valence-electron chi connectivity index (χ1n) is 16.5. The molecule has 6 rings (SSSR count). The van der Waals surface area contributed by atoms with E-state index in [0.717, 1.165) is 41.1 Å². The van der Waals surface area contributed by atoms with E-state index in [0.29, 0.717) is 13.2 Å². The Bertz CT molecular complexity index is 2370. The molecule has 0 unspecified atom stereocenters. The van der Waals surface area contributed by atoms with E-state index < -0.39 is 20.2 Å². The smallest absolute Gasteiger partial charge is 0.295 e. The Morgan fingerprint density at radius 1 is 0.759 bits per heavy atom. The van der Waals surface area contributed by atoms with Gasteiger partial charge in [0.25, 0.3) is 20.2 Å². The summed E-state index contributed by atoms with van der Waals surface area (Å²) in [4.78, 5) is 14.1. The highest BCUT2D eigenvalue weighted by molar-refractivity contribution is 14.1. The lowest BCUT2D eigenvalue weighted by Crippen LogP contribution is -2.25. The van der Waals surface area contributed by atoms with Gasteiger partial charge in [0, 0.05) is 51.5 Å². The van der Waals surface area contributed by atoms with Gasteiger partial charge < -0.3 is 20.4 Å². The molecule has 0 radical (unpaired) electrons. The van der Waals surface area contributed by atoms with E-state index in [1.807, 2.05) is 30.5 Å². The molecule has 54 heavy (non-hydrogen) atoms. The lowest BCUT2D eigenvalue weighted by atomic mass is 10.1. The second kappa shape index (κ2) is 19.1. The van der Waals surface area contributed by atoms with Crippen molar-refractivity contribution >= 4 is 115 Å². The largest absolute Gasteiger partial charge is 0.505 e. The number of hydrogen-bond acceptors (Lipinski definition) is 11. The second-order valence-electron chi connectivity index (χ2n) is 11.9. The van der Waals surface area contributed by atoms with E-state index >= 15 is 0 Å². The number of fused-ring (bicyclic) bond motifs is 3. The van der Waals surface area contributed by atoms with E-state index in [4.69, 9.17) is 20.7 Å². The molecular weight excluding hydrogens is 984 g/mol. The zero-order chi connectivity index (χ0) is 39.8. The number of nitrogens with one attached hydrogen (secondary N) is 1. The molecule has 18 heteroatoms. The zero-order valence-electron chi connectivity index (χ0n) is 29.3. The number of hydrogen-bond donors (Lipinski definition) is 5. The van der Waals surface area contributed by atoms with Crippen molar-refractivity contribution in [3.8, 4) is 11.5 Å². The van der Waals surface area contributed by atoms with E-state index in [-0.39, 0.29) is 43.1 Å². The van der Waals surface area contributed by atoms with Gasteiger partial charge in [0.05, 0.1) is 12.7 Å². The molecule has 288 valence electrons. The van der Waals surface area contributed by atoms with Crippen molar-refractivity contribution in [1.82, 2.24) is 19.9 Å². The van der Waals surface area contributed by atoms with Crippen molar-refractivity contribution < 1.29 is 36.2 Å². The third kappa shape index (κ3) is 11.2. The maximum absolute atomic E-state index is 11.2. The Hall–Kier alpha value is -3.18. The fourth-order valence-corrected chi connectivity index (χ4v) is 8.65. The fourth-order valence-electron chi connectivity index (χ4n) is 5.51. The monoisotopic (exact) mass is 1020 g/mol. The molecule has 0 saturated heterocycles. The van der Waals surface area contributed by atoms with Crippen LogP contribution in [0.2, 0.25) is 5.02 Å². The molecule has 0 aliphatic rings. The third-order valence-corrected chi connectivity index (χ3v) is 11.9. The van der Waals surface area contributed by atoms with Crippen molar-refractivity contribution in [3.05, 3.63) is 91.4 Å². The highest BCUT2D eigenvalue weighted by Gasteiger charge is 2.20. The molecular formula is C36H38ClI2N5O8S2. The Labute approximate surface area is 346 Å². The Morgan fingerprint density at radius 2 is 1.28 bits per heavy atom. The number of phenols is 2. The molecule has 13 nitrogen and oxygen atoms in total. The second-order valence-corrected chi connectivity index (χ2v) is 17.4. The molecule has 0 fully saturated rings. The summed E-state index contributed by atoms with van der Waals surface area (Å²) >= 11 is 9.58. The topological polar surface area (TPSA) is 203 Å². The van der Waals surface area contributed by atoms with Crippen molar-refractivity contribution in [2.45, 2.75) is 49.4 Å². The van der Waals surface area contributed by atoms with E-state index in [9.17, 15) is 27.0 Å². The SMILES string of the molecule is CCN(CC)CCC[C@@H](C)Nc1ccnc2cc(Cl)ccc12.O=S(=O)(O)c1cc(I)c(O)c2ncccc12.O=S(=O)(O)c1cc(I)c(O)c2ncccc12. The van der Waals surface area contributed by atoms with Crippen LogP contribution in [0.15, 0.2) is 89.0 Å². The maximum Gasteiger partial charge on any atom is 0.295 e. The van der Waals surface area contributed by atoms with Crippen molar-refractivity contribution in [1.29, 1.82) is 0 Å². The molecule has 0 bridgehead atoms. The average molecular weight is 1020 g/mol. The van der Waals surface area contributed by atoms with Gasteiger partial charge >= 0.3 is 0 Å². The summed E-state index contributed by atoms with van der Waals surface area (Å²) in [6.45, 7) is 10.1. The lowest BCUT2D eigenvalue weighted by molar-refractivity contribution is 0.295. The summed E-state index contributed by atoms with van der Waals surface area (Å²) in [5, 5.41) is 25.3. The van der Waals surface area contributed by atoms with Gasteiger partial charge in [0.1, 0.15) is 20.8 Å². The van der Waals surface area contributed by atoms with Gasteiger partial charge in [0.2, 0.25) is 0 Å². The molecule has 0 amide bonds. The zero-order valence-corrected chi connectivity index (χ0v) is 36.0. The van der Waals surface area contributed by atoms with Gasteiger partial charge in [-0.25, -0.2) is 0 Å². The van der Waals surface area contributed by atoms with Crippen LogP contribution in [0.25, 0.3) is 32.7 Å². The number of phenolic OH excluding ortho intramolecular Hbond substituents is 2. The predicted molar refractivity (Wildman–Crippen MR) is 229 cm³/mol. The van der Waals surface area contributed by atoms with Gasteiger partial charge in [-0.2, -0.15) is 16.8 Å². The minimum atomic E-state index is -4.32. The summed E-state index contributed by atoms with van der Waals surface area (Å²) in [6, 6.07) is 16.8. The van der Waals surface area contributed by atoms with Gasteiger partial charge in [-0.15, -0.1) is 0 Å². The normalized spacial score (nSPS) is 12.2. The molecule has 0 aliphatic carbocycles. The maximum atomic E-state index is 11.2. The Balaban J connectivity index is 0.000000184. The fraction of sp³-hybridized carbons (Fsp3) is 0.250. The summed E-state index contributed by atoms with van der Waals surface area (Å²) < 4.78 is 63.4. The highest BCUT2D eigenvalue weighted by Crippen LogP contribution is 2.34. The van der Waals surface area contributed by atoms with Crippen LogP contribution in [0.4, 0.5) is 5.69 Å². The van der Waals surface area contributed by atoms with Crippen LogP contribution < -0.4 is 5.32 Å². The Morgan fingerprint density at radius 3 is 1.76 bits per heavy atom. The molecule has 6 aromatic rings. The molecule has 3 heterocycles. The quantitative estimate of drug-likeness (QED) is 0.0647. The number of halogens is 3. The van der Waals surface area contributed by atoms with Crippen LogP contribution >= 0.6 is 56.8 Å². The minimum absolute atomic E-state index is 0.0939. The number of benzene rings is 3. The van der Waals surface area contributed by atoms with E-state index in [1.54, 1.807) is 45.2 Å². The van der Waals surface area contributed by atoms with Gasteiger partial charge in [-0.3, -0.25) is 24.1 Å². The number of aromatic hydroxyl groups is 2. The molecule has 3 aromatic heterocycles. The van der Waals surface area contributed by atoms with Gasteiger partial charge in [-0.05, 0) is 145 Å². The van der Waals surface area contributed by atoms with Crippen LogP contribution in [0.5, 0.6) is 11.5 Å². The number of rotatable bonds is 10. The van der Waals surface area contributed by atoms with Crippen molar-refractivity contribution in [2.75, 3.05) is 25.0 Å². The van der Waals surface area contributed by atoms with Crippen molar-refractivity contribution in [2.24, 2.45) is 0 Å². The summed E-state index contributed by atoms with van der Waals surface area (Å²) in [5.41, 5.74) is 2.38. The third-order valence-electron chi connectivity index (χ3n) is 8.23. The number of anilines is 1.